The number of rotatable bonds is 4. The van der Waals surface area contributed by atoms with E-state index in [9.17, 15) is 4.79 Å². The maximum absolute atomic E-state index is 12.4. The first-order chi connectivity index (χ1) is 12.5. The summed E-state index contributed by atoms with van der Waals surface area (Å²) in [5, 5.41) is 3.04. The Bertz CT molecular complexity index is 1000. The SMILES string of the molecule is CC(=O)c1c(C)oc2c1c1c(c3ccccc32)OC[NH+](CCC(C)C)C1. The normalized spacial score (nSPS) is 16.9. The summed E-state index contributed by atoms with van der Waals surface area (Å²) in [6.07, 6.45) is 1.16. The van der Waals surface area contributed by atoms with Crippen LogP contribution >= 0.6 is 0 Å². The number of fused-ring (bicyclic) bond motifs is 6. The predicted octanol–water partition coefficient (Wildman–Crippen LogP) is 3.88. The minimum atomic E-state index is 0.0491. The minimum absolute atomic E-state index is 0.0491. The number of hydrogen-bond donors (Lipinski definition) is 1. The van der Waals surface area contributed by atoms with E-state index in [2.05, 4.69) is 19.9 Å². The van der Waals surface area contributed by atoms with Gasteiger partial charge in [0.25, 0.3) is 0 Å². The standard InChI is InChI=1S/C22H25NO3/c1-13(2)9-10-23-11-18-20-19(14(3)24)15(4)26-22(20)17-8-6-5-7-16(17)21(18)25-12-23/h5-8,13H,9-12H2,1-4H3/p+1. The highest BCUT2D eigenvalue weighted by Gasteiger charge is 2.30. The van der Waals surface area contributed by atoms with Gasteiger partial charge in [-0.1, -0.05) is 38.1 Å². The molecule has 0 bridgehead atoms. The van der Waals surface area contributed by atoms with Crippen molar-refractivity contribution in [2.75, 3.05) is 13.3 Å². The topological polar surface area (TPSA) is 43.9 Å². The van der Waals surface area contributed by atoms with Crippen LogP contribution in [0.15, 0.2) is 28.7 Å². The Balaban J connectivity index is 1.95. The second-order valence-corrected chi connectivity index (χ2v) is 7.79. The number of nitrogens with one attached hydrogen (secondary N) is 1. The van der Waals surface area contributed by atoms with E-state index >= 15 is 0 Å². The fourth-order valence-corrected chi connectivity index (χ4v) is 4.06. The van der Waals surface area contributed by atoms with E-state index in [-0.39, 0.29) is 5.78 Å². The Morgan fingerprint density at radius 1 is 1.23 bits per heavy atom. The van der Waals surface area contributed by atoms with Gasteiger partial charge in [-0.25, -0.2) is 0 Å². The first-order valence-corrected chi connectivity index (χ1v) is 9.41. The summed E-state index contributed by atoms with van der Waals surface area (Å²) >= 11 is 0. The van der Waals surface area contributed by atoms with Crippen LogP contribution in [0, 0.1) is 12.8 Å². The molecule has 136 valence electrons. The molecule has 1 N–H and O–H groups in total. The van der Waals surface area contributed by atoms with Crippen molar-refractivity contribution in [3.63, 3.8) is 0 Å². The number of Topliss-reactive ketones (excluding diaryl/α,β-unsaturated/α-hetero) is 1. The lowest BCUT2D eigenvalue weighted by Gasteiger charge is -2.28. The van der Waals surface area contributed by atoms with Crippen molar-refractivity contribution >= 4 is 27.5 Å². The van der Waals surface area contributed by atoms with Crippen LogP contribution in [0.4, 0.5) is 0 Å². The Kier molecular flexibility index (Phi) is 4.23. The van der Waals surface area contributed by atoms with Crippen molar-refractivity contribution in [1.82, 2.24) is 0 Å². The lowest BCUT2D eigenvalue weighted by atomic mass is 9.95. The van der Waals surface area contributed by atoms with Gasteiger partial charge in [-0.05, 0) is 26.2 Å². The van der Waals surface area contributed by atoms with Gasteiger partial charge >= 0.3 is 0 Å². The van der Waals surface area contributed by atoms with Crippen LogP contribution in [0.3, 0.4) is 0 Å². The molecule has 26 heavy (non-hydrogen) atoms. The molecule has 0 saturated carbocycles. The van der Waals surface area contributed by atoms with E-state index < -0.39 is 0 Å². The van der Waals surface area contributed by atoms with Crippen LogP contribution in [-0.4, -0.2) is 19.1 Å². The lowest BCUT2D eigenvalue weighted by Crippen LogP contribution is -3.12. The largest absolute Gasteiger partial charge is 0.460 e. The fourth-order valence-electron chi connectivity index (χ4n) is 4.06. The second-order valence-electron chi connectivity index (χ2n) is 7.79. The monoisotopic (exact) mass is 352 g/mol. The first-order valence-electron chi connectivity index (χ1n) is 9.41. The van der Waals surface area contributed by atoms with Crippen LogP contribution in [-0.2, 0) is 6.54 Å². The second kappa shape index (κ2) is 6.44. The zero-order valence-corrected chi connectivity index (χ0v) is 15.9. The molecule has 0 spiro atoms. The van der Waals surface area contributed by atoms with E-state index in [1.54, 1.807) is 6.92 Å². The number of carbonyl (C=O) groups is 1. The van der Waals surface area contributed by atoms with Crippen molar-refractivity contribution in [2.45, 2.75) is 40.7 Å². The number of carbonyl (C=O) groups excluding carboxylic acids is 1. The van der Waals surface area contributed by atoms with Gasteiger partial charge in [0.05, 0.1) is 17.7 Å². The van der Waals surface area contributed by atoms with Gasteiger partial charge in [-0.2, -0.15) is 0 Å². The molecule has 1 atom stereocenters. The summed E-state index contributed by atoms with van der Waals surface area (Å²) in [5.41, 5.74) is 2.64. The van der Waals surface area contributed by atoms with Crippen LogP contribution in [0.25, 0.3) is 21.7 Å². The van der Waals surface area contributed by atoms with E-state index in [0.29, 0.717) is 24.0 Å². The Hall–Kier alpha value is -2.33. The predicted molar refractivity (Wildman–Crippen MR) is 103 cm³/mol. The molecule has 0 aliphatic carbocycles. The van der Waals surface area contributed by atoms with Crippen LogP contribution in [0.1, 0.15) is 48.9 Å². The average Bonchev–Trinajstić information content (AvgIpc) is 2.97. The molecule has 0 amide bonds. The van der Waals surface area contributed by atoms with E-state index in [1.807, 2.05) is 25.1 Å². The van der Waals surface area contributed by atoms with Crippen molar-refractivity contribution in [2.24, 2.45) is 5.92 Å². The maximum atomic E-state index is 12.4. The molecule has 2 heterocycles. The Labute approximate surface area is 153 Å². The first kappa shape index (κ1) is 17.1. The zero-order chi connectivity index (χ0) is 18.4. The van der Waals surface area contributed by atoms with Gasteiger partial charge in [-0.15, -0.1) is 0 Å². The van der Waals surface area contributed by atoms with E-state index in [0.717, 1.165) is 52.6 Å². The highest BCUT2D eigenvalue weighted by Crippen LogP contribution is 2.42. The number of ether oxygens (including phenoxy) is 1. The Morgan fingerprint density at radius 2 is 1.96 bits per heavy atom. The number of benzene rings is 2. The quantitative estimate of drug-likeness (QED) is 0.725. The van der Waals surface area contributed by atoms with Crippen molar-refractivity contribution in [3.8, 4) is 5.75 Å². The molecule has 1 aliphatic rings. The molecule has 4 rings (SSSR count). The van der Waals surface area contributed by atoms with Crippen molar-refractivity contribution in [1.29, 1.82) is 0 Å². The molecule has 2 aromatic carbocycles. The summed E-state index contributed by atoms with van der Waals surface area (Å²) in [5.74, 6) is 2.34. The molecule has 1 unspecified atom stereocenters. The van der Waals surface area contributed by atoms with Crippen molar-refractivity contribution in [3.05, 3.63) is 41.2 Å². The van der Waals surface area contributed by atoms with Crippen LogP contribution in [0.2, 0.25) is 0 Å². The van der Waals surface area contributed by atoms with Gasteiger partial charge in [-0.3, -0.25) is 9.69 Å². The van der Waals surface area contributed by atoms with Crippen LogP contribution in [0.5, 0.6) is 5.75 Å². The lowest BCUT2D eigenvalue weighted by molar-refractivity contribution is -0.932. The van der Waals surface area contributed by atoms with E-state index in [4.69, 9.17) is 9.15 Å². The molecule has 1 aromatic heterocycles. The van der Waals surface area contributed by atoms with Gasteiger partial charge in [0.1, 0.15) is 23.6 Å². The molecule has 0 fully saturated rings. The van der Waals surface area contributed by atoms with E-state index in [1.165, 1.54) is 4.90 Å². The number of aryl methyl sites for hydroxylation is 1. The van der Waals surface area contributed by atoms with Crippen LogP contribution < -0.4 is 9.64 Å². The average molecular weight is 352 g/mol. The summed E-state index contributed by atoms with van der Waals surface area (Å²) in [7, 11) is 0. The molecule has 0 radical (unpaired) electrons. The number of quaternary nitrogens is 1. The van der Waals surface area contributed by atoms with Gasteiger partial charge < -0.3 is 9.15 Å². The highest BCUT2D eigenvalue weighted by molar-refractivity contribution is 6.17. The number of ketones is 1. The zero-order valence-electron chi connectivity index (χ0n) is 15.9. The number of furan rings is 1. The fraction of sp³-hybridized carbons (Fsp3) is 0.409. The van der Waals surface area contributed by atoms with Crippen molar-refractivity contribution < 1.29 is 18.8 Å². The summed E-state index contributed by atoms with van der Waals surface area (Å²) < 4.78 is 12.3. The minimum Gasteiger partial charge on any atom is -0.460 e. The molecular formula is C22H26NO3+. The van der Waals surface area contributed by atoms with Gasteiger partial charge in [0.15, 0.2) is 5.78 Å². The maximum Gasteiger partial charge on any atom is 0.222 e. The molecule has 3 aromatic rings. The highest BCUT2D eigenvalue weighted by atomic mass is 16.5. The van der Waals surface area contributed by atoms with Gasteiger partial charge in [0, 0.05) is 16.2 Å². The number of hydrogen-bond acceptors (Lipinski definition) is 3. The molecular weight excluding hydrogens is 326 g/mol. The Morgan fingerprint density at radius 3 is 2.65 bits per heavy atom. The summed E-state index contributed by atoms with van der Waals surface area (Å²) in [6.45, 7) is 10.6. The third kappa shape index (κ3) is 2.69. The third-order valence-corrected chi connectivity index (χ3v) is 5.35. The smallest absolute Gasteiger partial charge is 0.222 e. The summed E-state index contributed by atoms with van der Waals surface area (Å²) in [6, 6.07) is 8.16. The summed E-state index contributed by atoms with van der Waals surface area (Å²) in [4.78, 5) is 13.8. The molecule has 4 nitrogen and oxygen atoms in total. The molecule has 0 saturated heterocycles. The molecule has 4 heteroatoms. The third-order valence-electron chi connectivity index (χ3n) is 5.35. The van der Waals surface area contributed by atoms with Gasteiger partial charge in [0.2, 0.25) is 6.73 Å². The molecule has 1 aliphatic heterocycles.